The van der Waals surface area contributed by atoms with Crippen LogP contribution in [0.5, 0.6) is 0 Å². The van der Waals surface area contributed by atoms with E-state index in [1.165, 1.54) is 7.11 Å². The summed E-state index contributed by atoms with van der Waals surface area (Å²) in [6.45, 7) is 0.660. The summed E-state index contributed by atoms with van der Waals surface area (Å²) in [6.07, 6.45) is 1.65. The summed E-state index contributed by atoms with van der Waals surface area (Å²) in [5, 5.41) is 0.0802. The van der Waals surface area contributed by atoms with Gasteiger partial charge in [0.2, 0.25) is 0 Å². The maximum atomic E-state index is 11.3. The van der Waals surface area contributed by atoms with Crippen molar-refractivity contribution in [2.75, 3.05) is 13.7 Å². The first-order valence-electron chi connectivity index (χ1n) is 4.57. The van der Waals surface area contributed by atoms with Crippen LogP contribution in [0, 0.1) is 11.8 Å². The molecule has 1 heterocycles. The van der Waals surface area contributed by atoms with Crippen LogP contribution in [0.25, 0.3) is 0 Å². The molecule has 0 bridgehead atoms. The van der Waals surface area contributed by atoms with Crippen molar-refractivity contribution in [3.63, 3.8) is 0 Å². The molecule has 2 rings (SSSR count). The predicted molar refractivity (Wildman–Crippen MR) is 47.6 cm³/mol. The Labute approximate surface area is 82.3 Å². The Balaban J connectivity index is 2.10. The Morgan fingerprint density at radius 1 is 1.54 bits per heavy atom. The highest BCUT2D eigenvalue weighted by Gasteiger charge is 2.49. The molecule has 1 aliphatic heterocycles. The number of methoxy groups -OCH3 is 1. The number of alkyl halides is 1. The molecule has 2 aliphatic rings. The normalized spacial score (nSPS) is 43.2. The number of carbonyl (C=O) groups excluding carboxylic acids is 1. The van der Waals surface area contributed by atoms with E-state index in [9.17, 15) is 4.79 Å². The van der Waals surface area contributed by atoms with E-state index >= 15 is 0 Å². The van der Waals surface area contributed by atoms with Crippen molar-refractivity contribution in [1.29, 1.82) is 0 Å². The van der Waals surface area contributed by atoms with Crippen LogP contribution in [0.15, 0.2) is 0 Å². The first-order valence-corrected chi connectivity index (χ1v) is 5.01. The minimum atomic E-state index is -0.417. The van der Waals surface area contributed by atoms with E-state index in [-0.39, 0.29) is 17.3 Å². The van der Waals surface area contributed by atoms with Gasteiger partial charge in [-0.25, -0.2) is 4.79 Å². The monoisotopic (exact) mass is 204 g/mol. The van der Waals surface area contributed by atoms with Crippen LogP contribution in [0.4, 0.5) is 0 Å². The van der Waals surface area contributed by atoms with Crippen LogP contribution in [0.1, 0.15) is 12.8 Å². The van der Waals surface area contributed by atoms with Crippen molar-refractivity contribution in [3.8, 4) is 0 Å². The Bertz CT molecular complexity index is 219. The molecule has 2 fully saturated rings. The van der Waals surface area contributed by atoms with E-state index in [0.29, 0.717) is 12.5 Å². The minimum Gasteiger partial charge on any atom is -0.467 e. The fourth-order valence-corrected chi connectivity index (χ4v) is 2.83. The van der Waals surface area contributed by atoms with Gasteiger partial charge in [0.25, 0.3) is 0 Å². The van der Waals surface area contributed by atoms with Crippen molar-refractivity contribution in [2.24, 2.45) is 11.8 Å². The summed E-state index contributed by atoms with van der Waals surface area (Å²) < 4.78 is 10.1. The van der Waals surface area contributed by atoms with Gasteiger partial charge in [-0.05, 0) is 18.8 Å². The maximum Gasteiger partial charge on any atom is 0.335 e. The third-order valence-electron chi connectivity index (χ3n) is 3.05. The molecule has 1 saturated carbocycles. The smallest absolute Gasteiger partial charge is 0.335 e. The summed E-state index contributed by atoms with van der Waals surface area (Å²) in [7, 11) is 1.39. The third-order valence-corrected chi connectivity index (χ3v) is 3.56. The highest BCUT2D eigenvalue weighted by atomic mass is 35.5. The fourth-order valence-electron chi connectivity index (χ4n) is 2.36. The zero-order valence-electron chi connectivity index (χ0n) is 7.53. The lowest BCUT2D eigenvalue weighted by molar-refractivity contribution is -0.153. The van der Waals surface area contributed by atoms with E-state index in [1.807, 2.05) is 0 Å². The molecule has 13 heavy (non-hydrogen) atoms. The van der Waals surface area contributed by atoms with Gasteiger partial charge >= 0.3 is 5.97 Å². The van der Waals surface area contributed by atoms with Crippen LogP contribution < -0.4 is 0 Å². The van der Waals surface area contributed by atoms with E-state index in [2.05, 4.69) is 4.74 Å². The van der Waals surface area contributed by atoms with E-state index < -0.39 is 6.10 Å². The second-order valence-electron chi connectivity index (χ2n) is 3.71. The van der Waals surface area contributed by atoms with Gasteiger partial charge in [0.15, 0.2) is 6.10 Å². The van der Waals surface area contributed by atoms with Crippen LogP contribution in [0.3, 0.4) is 0 Å². The standard InChI is InChI=1S/C9H13ClO3/c1-12-9(11)8-7-5(4-13-8)2-3-6(7)10/h5-8H,2-4H2,1H3/t5-,6+,7-,8+/m0/s1. The van der Waals surface area contributed by atoms with Crippen molar-refractivity contribution in [2.45, 2.75) is 24.3 Å². The zero-order valence-corrected chi connectivity index (χ0v) is 8.29. The second-order valence-corrected chi connectivity index (χ2v) is 4.27. The Kier molecular flexibility index (Phi) is 2.47. The second kappa shape index (κ2) is 3.46. The van der Waals surface area contributed by atoms with Gasteiger partial charge in [0.1, 0.15) is 0 Å². The largest absolute Gasteiger partial charge is 0.467 e. The molecule has 0 unspecified atom stereocenters. The molecule has 0 N–H and O–H groups in total. The van der Waals surface area contributed by atoms with Crippen molar-refractivity contribution >= 4 is 17.6 Å². The fraction of sp³-hybridized carbons (Fsp3) is 0.889. The molecule has 0 amide bonds. The molecule has 0 aromatic carbocycles. The van der Waals surface area contributed by atoms with E-state index in [4.69, 9.17) is 16.3 Å². The van der Waals surface area contributed by atoms with Gasteiger partial charge in [0.05, 0.1) is 13.7 Å². The molecule has 0 radical (unpaired) electrons. The molecule has 4 heteroatoms. The molecule has 74 valence electrons. The average Bonchev–Trinajstić information content (AvgIpc) is 2.68. The summed E-state index contributed by atoms with van der Waals surface area (Å²) >= 11 is 6.12. The first kappa shape index (κ1) is 9.28. The average molecular weight is 205 g/mol. The number of hydrogen-bond acceptors (Lipinski definition) is 3. The number of ether oxygens (including phenoxy) is 2. The topological polar surface area (TPSA) is 35.5 Å². The molecule has 0 spiro atoms. The molecular weight excluding hydrogens is 192 g/mol. The summed E-state index contributed by atoms with van der Waals surface area (Å²) in [5.41, 5.74) is 0. The van der Waals surface area contributed by atoms with E-state index in [1.54, 1.807) is 0 Å². The van der Waals surface area contributed by atoms with Gasteiger partial charge in [0, 0.05) is 11.3 Å². The number of halogens is 1. The SMILES string of the molecule is COC(=O)[C@@H]1OC[C@@H]2CC[C@@H](Cl)[C@H]21. The third kappa shape index (κ3) is 1.44. The van der Waals surface area contributed by atoms with Crippen LogP contribution in [0.2, 0.25) is 0 Å². The minimum absolute atomic E-state index is 0.0802. The van der Waals surface area contributed by atoms with Gasteiger partial charge in [-0.15, -0.1) is 11.6 Å². The molecular formula is C9H13ClO3. The predicted octanol–water partition coefficient (Wildman–Crippen LogP) is 1.19. The number of hydrogen-bond donors (Lipinski definition) is 0. The molecule has 0 aromatic rings. The highest BCUT2D eigenvalue weighted by molar-refractivity contribution is 6.21. The van der Waals surface area contributed by atoms with Gasteiger partial charge in [-0.1, -0.05) is 0 Å². The molecule has 1 aliphatic carbocycles. The van der Waals surface area contributed by atoms with Crippen LogP contribution >= 0.6 is 11.6 Å². The lowest BCUT2D eigenvalue weighted by Crippen LogP contribution is -2.32. The zero-order chi connectivity index (χ0) is 9.42. The highest BCUT2D eigenvalue weighted by Crippen LogP contribution is 2.43. The van der Waals surface area contributed by atoms with Crippen molar-refractivity contribution in [1.82, 2.24) is 0 Å². The quantitative estimate of drug-likeness (QED) is 0.476. The maximum absolute atomic E-state index is 11.3. The lowest BCUT2D eigenvalue weighted by atomic mass is 9.94. The Morgan fingerprint density at radius 3 is 3.00 bits per heavy atom. The van der Waals surface area contributed by atoms with Gasteiger partial charge in [-0.2, -0.15) is 0 Å². The van der Waals surface area contributed by atoms with E-state index in [0.717, 1.165) is 12.8 Å². The molecule has 0 aromatic heterocycles. The summed E-state index contributed by atoms with van der Waals surface area (Å²) in [6, 6.07) is 0. The molecule has 1 saturated heterocycles. The number of fused-ring (bicyclic) bond motifs is 1. The van der Waals surface area contributed by atoms with Gasteiger partial charge < -0.3 is 9.47 Å². The number of esters is 1. The number of rotatable bonds is 1. The molecule has 4 atom stereocenters. The van der Waals surface area contributed by atoms with Crippen LogP contribution in [-0.4, -0.2) is 31.2 Å². The Morgan fingerprint density at radius 2 is 2.31 bits per heavy atom. The van der Waals surface area contributed by atoms with Gasteiger partial charge in [-0.3, -0.25) is 0 Å². The summed E-state index contributed by atoms with van der Waals surface area (Å²) in [4.78, 5) is 11.3. The lowest BCUT2D eigenvalue weighted by Gasteiger charge is -2.17. The van der Waals surface area contributed by atoms with Crippen LogP contribution in [-0.2, 0) is 14.3 Å². The Hall–Kier alpha value is -0.280. The first-order chi connectivity index (χ1) is 6.24. The summed E-state index contributed by atoms with van der Waals surface area (Å²) in [5.74, 6) is 0.362. The number of carbonyl (C=O) groups is 1. The van der Waals surface area contributed by atoms with Crippen molar-refractivity contribution < 1.29 is 14.3 Å². The van der Waals surface area contributed by atoms with Crippen molar-refractivity contribution in [3.05, 3.63) is 0 Å². The molecule has 3 nitrogen and oxygen atoms in total.